The van der Waals surface area contributed by atoms with Gasteiger partial charge < -0.3 is 26.2 Å². The van der Waals surface area contributed by atoms with Gasteiger partial charge in [0.15, 0.2) is 12.2 Å². The van der Waals surface area contributed by atoms with Gasteiger partial charge in [-0.15, -0.1) is 0 Å². The number of aliphatic hydroxyl groups is 2. The normalized spacial score (nSPS) is 17.0. The van der Waals surface area contributed by atoms with E-state index < -0.39 is 29.8 Å². The first kappa shape index (κ1) is 25.6. The molecule has 1 aliphatic heterocycles. The van der Waals surface area contributed by atoms with Crippen LogP contribution in [0.3, 0.4) is 0 Å². The van der Waals surface area contributed by atoms with E-state index in [1.54, 1.807) is 48.5 Å². The lowest BCUT2D eigenvalue weighted by Crippen LogP contribution is -2.50. The van der Waals surface area contributed by atoms with Gasteiger partial charge in [0.25, 0.3) is 11.8 Å². The van der Waals surface area contributed by atoms with Gasteiger partial charge >= 0.3 is 0 Å². The molecular weight excluding hydrogens is 485 g/mol. The molecule has 4 rings (SSSR count). The molecular formula is C27H27ClFN3O4. The van der Waals surface area contributed by atoms with Crippen molar-refractivity contribution in [1.29, 1.82) is 0 Å². The van der Waals surface area contributed by atoms with Crippen molar-refractivity contribution in [2.45, 2.75) is 37.6 Å². The number of likely N-dealkylation sites (tertiary alicyclic amines) is 1. The number of hydrogen-bond donors (Lipinski definition) is 4. The Morgan fingerprint density at radius 1 is 1.08 bits per heavy atom. The van der Waals surface area contributed by atoms with Gasteiger partial charge in [-0.05, 0) is 59.9 Å². The van der Waals surface area contributed by atoms with Crippen molar-refractivity contribution in [2.24, 2.45) is 0 Å². The number of nitrogen functional groups attached to an aromatic ring is 1. The van der Waals surface area contributed by atoms with Crippen molar-refractivity contribution in [2.75, 3.05) is 12.3 Å². The van der Waals surface area contributed by atoms with Crippen molar-refractivity contribution in [1.82, 2.24) is 10.2 Å². The Labute approximate surface area is 213 Å². The number of benzene rings is 3. The Bertz CT molecular complexity index is 1250. The maximum atomic E-state index is 13.3. The Balaban J connectivity index is 1.35. The van der Waals surface area contributed by atoms with E-state index in [2.05, 4.69) is 5.32 Å². The van der Waals surface area contributed by atoms with Gasteiger partial charge in [0.05, 0.1) is 6.04 Å². The van der Waals surface area contributed by atoms with Gasteiger partial charge in [-0.2, -0.15) is 0 Å². The number of anilines is 1. The topological polar surface area (TPSA) is 116 Å². The van der Waals surface area contributed by atoms with Crippen LogP contribution in [0.25, 0.3) is 11.1 Å². The minimum Gasteiger partial charge on any atom is -0.398 e. The second-order valence-electron chi connectivity index (χ2n) is 8.78. The predicted octanol–water partition coefficient (Wildman–Crippen LogP) is 3.43. The van der Waals surface area contributed by atoms with E-state index in [4.69, 9.17) is 17.3 Å². The van der Waals surface area contributed by atoms with Crippen LogP contribution in [-0.2, 0) is 16.1 Å². The van der Waals surface area contributed by atoms with Crippen LogP contribution >= 0.6 is 11.6 Å². The van der Waals surface area contributed by atoms with Crippen molar-refractivity contribution >= 4 is 29.1 Å². The number of nitrogens with one attached hydrogen (secondary N) is 1. The summed E-state index contributed by atoms with van der Waals surface area (Å²) in [7, 11) is 0. The van der Waals surface area contributed by atoms with Gasteiger partial charge in [0, 0.05) is 29.4 Å². The molecule has 0 unspecified atom stereocenters. The van der Waals surface area contributed by atoms with Crippen LogP contribution in [0.1, 0.15) is 30.0 Å². The number of rotatable bonds is 7. The van der Waals surface area contributed by atoms with E-state index >= 15 is 0 Å². The summed E-state index contributed by atoms with van der Waals surface area (Å²) in [5, 5.41) is 23.9. The summed E-state index contributed by atoms with van der Waals surface area (Å²) in [4.78, 5) is 26.9. The van der Waals surface area contributed by atoms with Gasteiger partial charge in [0.2, 0.25) is 0 Å². The average molecular weight is 512 g/mol. The monoisotopic (exact) mass is 511 g/mol. The van der Waals surface area contributed by atoms with E-state index in [0.29, 0.717) is 29.2 Å². The Morgan fingerprint density at radius 3 is 2.53 bits per heavy atom. The molecule has 2 amide bonds. The summed E-state index contributed by atoms with van der Waals surface area (Å²) < 4.78 is 13.3. The minimum absolute atomic E-state index is 0.0742. The highest BCUT2D eigenvalue weighted by atomic mass is 35.5. The lowest BCUT2D eigenvalue weighted by molar-refractivity contribution is -0.153. The molecule has 9 heteroatoms. The molecule has 3 aromatic carbocycles. The number of carbonyl (C=O) groups is 2. The molecule has 1 heterocycles. The maximum Gasteiger partial charge on any atom is 0.255 e. The third kappa shape index (κ3) is 5.67. The Kier molecular flexibility index (Phi) is 7.88. The molecule has 1 fully saturated rings. The first-order valence-electron chi connectivity index (χ1n) is 11.6. The zero-order chi connectivity index (χ0) is 25.8. The van der Waals surface area contributed by atoms with E-state index in [-0.39, 0.29) is 12.6 Å². The number of nitrogens with two attached hydrogens (primary N) is 1. The first-order chi connectivity index (χ1) is 17.2. The average Bonchev–Trinajstić information content (AvgIpc) is 3.36. The molecule has 0 bridgehead atoms. The van der Waals surface area contributed by atoms with Crippen molar-refractivity contribution in [3.63, 3.8) is 0 Å². The molecule has 0 radical (unpaired) electrons. The van der Waals surface area contributed by atoms with Crippen LogP contribution in [0, 0.1) is 5.82 Å². The van der Waals surface area contributed by atoms with Gasteiger partial charge in [-0.25, -0.2) is 4.39 Å². The standard InChI is InChI=1S/C27H27ClFN3O4/c28-19-4-1-3-18(13-19)23-5-2-12-32(23)27(36)25(34)24(33)26(35)31-15-16-6-8-17(9-7-16)21-11-10-20(29)14-22(21)30/h1,3-4,6-11,13-14,23-25,33-34H,2,5,12,15,30H2,(H,31,35)/t23-,24-,25-/m1/s1. The maximum absolute atomic E-state index is 13.3. The zero-order valence-corrected chi connectivity index (χ0v) is 20.2. The van der Waals surface area contributed by atoms with Gasteiger partial charge in [0.1, 0.15) is 5.82 Å². The van der Waals surface area contributed by atoms with Crippen molar-refractivity contribution in [3.05, 3.63) is 88.7 Å². The van der Waals surface area contributed by atoms with Crippen LogP contribution in [-0.4, -0.2) is 45.7 Å². The Hall–Kier alpha value is -3.46. The van der Waals surface area contributed by atoms with Crippen LogP contribution in [0.2, 0.25) is 5.02 Å². The number of aliphatic hydroxyl groups excluding tert-OH is 2. The number of nitrogens with zero attached hydrogens (tertiary/aromatic N) is 1. The summed E-state index contributed by atoms with van der Waals surface area (Å²) >= 11 is 6.08. The molecule has 3 aromatic rings. The Morgan fingerprint density at radius 2 is 1.83 bits per heavy atom. The SMILES string of the molecule is Nc1cc(F)ccc1-c1ccc(CNC(=O)[C@H](O)[C@@H](O)C(=O)N2CCC[C@@H]2c2cccc(Cl)c2)cc1. The largest absolute Gasteiger partial charge is 0.398 e. The second kappa shape index (κ2) is 11.1. The summed E-state index contributed by atoms with van der Waals surface area (Å²) in [6.45, 7) is 0.483. The van der Waals surface area contributed by atoms with Crippen molar-refractivity contribution in [3.8, 4) is 11.1 Å². The molecule has 0 spiro atoms. The van der Waals surface area contributed by atoms with E-state index in [1.165, 1.54) is 17.0 Å². The molecule has 0 aliphatic carbocycles. The lowest BCUT2D eigenvalue weighted by atomic mass is 10.0. The fourth-order valence-electron chi connectivity index (χ4n) is 4.43. The molecule has 188 valence electrons. The third-order valence-corrected chi connectivity index (χ3v) is 6.57. The molecule has 1 saturated heterocycles. The summed E-state index contributed by atoms with van der Waals surface area (Å²) in [5.41, 5.74) is 9.22. The highest BCUT2D eigenvalue weighted by molar-refractivity contribution is 6.30. The first-order valence-corrected chi connectivity index (χ1v) is 12.0. The zero-order valence-electron chi connectivity index (χ0n) is 19.4. The minimum atomic E-state index is -1.92. The molecule has 7 nitrogen and oxygen atoms in total. The predicted molar refractivity (Wildman–Crippen MR) is 135 cm³/mol. The highest BCUT2D eigenvalue weighted by Gasteiger charge is 2.38. The molecule has 5 N–H and O–H groups in total. The number of carbonyl (C=O) groups excluding carboxylic acids is 2. The lowest BCUT2D eigenvalue weighted by Gasteiger charge is -2.28. The fourth-order valence-corrected chi connectivity index (χ4v) is 4.63. The van der Waals surface area contributed by atoms with Crippen LogP contribution in [0.15, 0.2) is 66.7 Å². The van der Waals surface area contributed by atoms with E-state index in [1.807, 2.05) is 6.07 Å². The summed E-state index contributed by atoms with van der Waals surface area (Å²) in [5.74, 6) is -1.98. The van der Waals surface area contributed by atoms with Crippen molar-refractivity contribution < 1.29 is 24.2 Å². The molecule has 0 aromatic heterocycles. The summed E-state index contributed by atoms with van der Waals surface area (Å²) in [6, 6.07) is 18.1. The summed E-state index contributed by atoms with van der Waals surface area (Å²) in [6.07, 6.45) is -2.39. The highest BCUT2D eigenvalue weighted by Crippen LogP contribution is 2.33. The third-order valence-electron chi connectivity index (χ3n) is 6.34. The molecule has 3 atom stereocenters. The van der Waals surface area contributed by atoms with Crippen LogP contribution in [0.5, 0.6) is 0 Å². The quantitative estimate of drug-likeness (QED) is 0.363. The molecule has 0 saturated carbocycles. The number of halogens is 2. The van der Waals surface area contributed by atoms with Crippen LogP contribution in [0.4, 0.5) is 10.1 Å². The molecule has 1 aliphatic rings. The van der Waals surface area contributed by atoms with E-state index in [9.17, 15) is 24.2 Å². The fraction of sp³-hybridized carbons (Fsp3) is 0.259. The number of hydrogen-bond acceptors (Lipinski definition) is 5. The van der Waals surface area contributed by atoms with Gasteiger partial charge in [-0.1, -0.05) is 48.0 Å². The van der Waals surface area contributed by atoms with E-state index in [0.717, 1.165) is 23.1 Å². The smallest absolute Gasteiger partial charge is 0.255 e. The van der Waals surface area contributed by atoms with Crippen LogP contribution < -0.4 is 11.1 Å². The second-order valence-corrected chi connectivity index (χ2v) is 9.22. The number of amides is 2. The van der Waals surface area contributed by atoms with Gasteiger partial charge in [-0.3, -0.25) is 9.59 Å². The molecule has 36 heavy (non-hydrogen) atoms.